The zero-order valence-corrected chi connectivity index (χ0v) is 14.5. The minimum Gasteiger partial charge on any atom is -0.306 e. The molecule has 0 amide bonds. The normalized spacial score (nSPS) is 18.6. The summed E-state index contributed by atoms with van der Waals surface area (Å²) < 4.78 is 27.6. The molecule has 0 saturated carbocycles. The molecule has 1 aromatic carbocycles. The van der Waals surface area contributed by atoms with Crippen LogP contribution in [0.1, 0.15) is 18.4 Å². The molecule has 4 nitrogen and oxygen atoms in total. The number of likely N-dealkylation sites (tertiary alicyclic amines) is 1. The molecule has 0 spiro atoms. The van der Waals surface area contributed by atoms with Crippen LogP contribution < -0.4 is 0 Å². The first-order valence-electron chi connectivity index (χ1n) is 6.75. The smallest absolute Gasteiger partial charge is 0.244 e. The molecule has 1 aliphatic rings. The van der Waals surface area contributed by atoms with E-state index in [0.717, 1.165) is 31.5 Å². The van der Waals surface area contributed by atoms with Crippen molar-refractivity contribution < 1.29 is 8.42 Å². The molecule has 6 heteroatoms. The van der Waals surface area contributed by atoms with Crippen molar-refractivity contribution in [1.29, 1.82) is 0 Å². The summed E-state index contributed by atoms with van der Waals surface area (Å²) in [6.07, 6.45) is 1.77. The number of sulfonamides is 1. The molecule has 1 fully saturated rings. The molecule has 1 aliphatic heterocycles. The topological polar surface area (TPSA) is 40.6 Å². The number of nitrogens with zero attached hydrogens (tertiary/aromatic N) is 2. The van der Waals surface area contributed by atoms with Crippen molar-refractivity contribution in [3.05, 3.63) is 28.2 Å². The summed E-state index contributed by atoms with van der Waals surface area (Å²) in [6, 6.07) is 5.44. The molecule has 0 atom stereocenters. The van der Waals surface area contributed by atoms with Crippen LogP contribution in [-0.4, -0.2) is 50.8 Å². The number of hydrogen-bond acceptors (Lipinski definition) is 3. The Morgan fingerprint density at radius 2 is 1.90 bits per heavy atom. The van der Waals surface area contributed by atoms with E-state index in [1.54, 1.807) is 13.1 Å². The Balaban J connectivity index is 2.25. The summed E-state index contributed by atoms with van der Waals surface area (Å²) in [5.41, 5.74) is 1.04. The fourth-order valence-corrected chi connectivity index (χ4v) is 5.09. The molecule has 1 aromatic rings. The van der Waals surface area contributed by atoms with E-state index < -0.39 is 10.0 Å². The lowest BCUT2D eigenvalue weighted by Crippen LogP contribution is -2.44. The minimum atomic E-state index is -3.44. The molecule has 0 N–H and O–H groups in total. The van der Waals surface area contributed by atoms with Gasteiger partial charge in [-0.3, -0.25) is 0 Å². The van der Waals surface area contributed by atoms with Crippen LogP contribution in [0.3, 0.4) is 0 Å². The third kappa shape index (κ3) is 3.24. The van der Waals surface area contributed by atoms with Gasteiger partial charge >= 0.3 is 0 Å². The average molecular weight is 361 g/mol. The molecular weight excluding hydrogens is 340 g/mol. The van der Waals surface area contributed by atoms with Crippen molar-refractivity contribution in [1.82, 2.24) is 9.21 Å². The number of rotatable bonds is 3. The van der Waals surface area contributed by atoms with Crippen molar-refractivity contribution in [3.63, 3.8) is 0 Å². The second kappa shape index (κ2) is 6.13. The zero-order valence-electron chi connectivity index (χ0n) is 12.1. The molecule has 20 heavy (non-hydrogen) atoms. The Morgan fingerprint density at radius 1 is 1.30 bits per heavy atom. The first-order chi connectivity index (χ1) is 9.32. The first kappa shape index (κ1) is 15.9. The average Bonchev–Trinajstić information content (AvgIpc) is 2.38. The van der Waals surface area contributed by atoms with E-state index in [9.17, 15) is 8.42 Å². The summed E-state index contributed by atoms with van der Waals surface area (Å²) in [6.45, 7) is 3.83. The van der Waals surface area contributed by atoms with Crippen LogP contribution in [0, 0.1) is 6.92 Å². The summed E-state index contributed by atoms with van der Waals surface area (Å²) in [4.78, 5) is 2.59. The monoisotopic (exact) mass is 360 g/mol. The van der Waals surface area contributed by atoms with Gasteiger partial charge in [0, 0.05) is 17.6 Å². The third-order valence-electron chi connectivity index (χ3n) is 3.95. The van der Waals surface area contributed by atoms with Crippen LogP contribution >= 0.6 is 15.9 Å². The summed E-state index contributed by atoms with van der Waals surface area (Å²) >= 11 is 3.37. The molecule has 0 aromatic heterocycles. The van der Waals surface area contributed by atoms with E-state index in [2.05, 4.69) is 27.9 Å². The number of halogens is 1. The van der Waals surface area contributed by atoms with Gasteiger partial charge in [0.2, 0.25) is 10.0 Å². The number of hydrogen-bond donors (Lipinski definition) is 0. The summed E-state index contributed by atoms with van der Waals surface area (Å²) in [5.74, 6) is 0. The minimum absolute atomic E-state index is 0.0874. The van der Waals surface area contributed by atoms with Crippen molar-refractivity contribution in [2.45, 2.75) is 30.7 Å². The van der Waals surface area contributed by atoms with Crippen LogP contribution in [0.25, 0.3) is 0 Å². The van der Waals surface area contributed by atoms with Crippen molar-refractivity contribution in [2.24, 2.45) is 0 Å². The molecule has 1 saturated heterocycles. The molecule has 1 heterocycles. The van der Waals surface area contributed by atoms with Crippen LogP contribution in [0.5, 0.6) is 0 Å². The maximum atomic E-state index is 12.7. The fourth-order valence-electron chi connectivity index (χ4n) is 2.53. The highest BCUT2D eigenvalue weighted by molar-refractivity contribution is 9.10. The molecule has 112 valence electrons. The van der Waals surface area contributed by atoms with Crippen molar-refractivity contribution in [3.8, 4) is 0 Å². The second-order valence-electron chi connectivity index (χ2n) is 5.49. The maximum absolute atomic E-state index is 12.7. The molecule has 0 radical (unpaired) electrons. The Morgan fingerprint density at radius 3 is 2.45 bits per heavy atom. The lowest BCUT2D eigenvalue weighted by Gasteiger charge is -2.34. The Kier molecular flexibility index (Phi) is 4.89. The van der Waals surface area contributed by atoms with E-state index in [1.165, 1.54) is 4.31 Å². The highest BCUT2D eigenvalue weighted by atomic mass is 79.9. The van der Waals surface area contributed by atoms with E-state index >= 15 is 0 Å². The van der Waals surface area contributed by atoms with Gasteiger partial charge in [0.05, 0.1) is 4.90 Å². The van der Waals surface area contributed by atoms with Gasteiger partial charge in [-0.25, -0.2) is 8.42 Å². The van der Waals surface area contributed by atoms with Crippen LogP contribution in [0.15, 0.2) is 27.6 Å². The van der Waals surface area contributed by atoms with Crippen LogP contribution in [-0.2, 0) is 10.0 Å². The lowest BCUT2D eigenvalue weighted by atomic mass is 10.1. The maximum Gasteiger partial charge on any atom is 0.244 e. The van der Waals surface area contributed by atoms with Crippen molar-refractivity contribution >= 4 is 26.0 Å². The van der Waals surface area contributed by atoms with Crippen LogP contribution in [0.4, 0.5) is 0 Å². The van der Waals surface area contributed by atoms with Gasteiger partial charge in [-0.1, -0.05) is 6.07 Å². The summed E-state index contributed by atoms with van der Waals surface area (Å²) in [7, 11) is 0.327. The highest BCUT2D eigenvalue weighted by Crippen LogP contribution is 2.28. The third-order valence-corrected chi connectivity index (χ3v) is 6.83. The molecule has 2 rings (SSSR count). The van der Waals surface area contributed by atoms with Gasteiger partial charge in [-0.15, -0.1) is 0 Å². The van der Waals surface area contributed by atoms with Gasteiger partial charge in [-0.2, -0.15) is 4.31 Å². The van der Waals surface area contributed by atoms with E-state index in [-0.39, 0.29) is 6.04 Å². The van der Waals surface area contributed by atoms with Gasteiger partial charge < -0.3 is 4.90 Å². The van der Waals surface area contributed by atoms with Gasteiger partial charge in [-0.05, 0) is 73.5 Å². The predicted octanol–water partition coefficient (Wildman–Crippen LogP) is 2.47. The van der Waals surface area contributed by atoms with E-state index in [4.69, 9.17) is 0 Å². The number of benzene rings is 1. The Bertz CT molecular complexity index is 581. The quantitative estimate of drug-likeness (QED) is 0.831. The van der Waals surface area contributed by atoms with Gasteiger partial charge in [0.25, 0.3) is 0 Å². The van der Waals surface area contributed by atoms with Crippen molar-refractivity contribution in [2.75, 3.05) is 27.2 Å². The predicted molar refractivity (Wildman–Crippen MR) is 84.3 cm³/mol. The number of aryl methyl sites for hydroxylation is 1. The standard InChI is InChI=1S/C14H21BrN2O2S/c1-11-4-5-14(13(15)10-11)20(18,19)17(3)12-6-8-16(2)9-7-12/h4-5,10,12H,6-9H2,1-3H3. The Labute approximate surface area is 129 Å². The summed E-state index contributed by atoms with van der Waals surface area (Å²) in [5, 5.41) is 0. The number of piperidine rings is 1. The molecule has 0 aliphatic carbocycles. The SMILES string of the molecule is Cc1ccc(S(=O)(=O)N(C)C2CCN(C)CC2)c(Br)c1. The molecule has 0 unspecified atom stereocenters. The fraction of sp³-hybridized carbons (Fsp3) is 0.571. The highest BCUT2D eigenvalue weighted by Gasteiger charge is 2.31. The lowest BCUT2D eigenvalue weighted by molar-refractivity contribution is 0.197. The van der Waals surface area contributed by atoms with Gasteiger partial charge in [0.15, 0.2) is 0 Å². The molecule has 0 bridgehead atoms. The molecular formula is C14H21BrN2O2S. The van der Waals surface area contributed by atoms with Gasteiger partial charge in [0.1, 0.15) is 0 Å². The second-order valence-corrected chi connectivity index (χ2v) is 8.31. The zero-order chi connectivity index (χ0) is 14.9. The van der Waals surface area contributed by atoms with Crippen LogP contribution in [0.2, 0.25) is 0 Å². The first-order valence-corrected chi connectivity index (χ1v) is 8.98. The Hall–Kier alpha value is -0.430. The van der Waals surface area contributed by atoms with E-state index in [1.807, 2.05) is 19.1 Å². The van der Waals surface area contributed by atoms with E-state index in [0.29, 0.717) is 9.37 Å². The largest absolute Gasteiger partial charge is 0.306 e.